The summed E-state index contributed by atoms with van der Waals surface area (Å²) in [6.45, 7) is 1.37. The maximum atomic E-state index is 13.4. The van der Waals surface area contributed by atoms with E-state index in [1.54, 1.807) is 6.08 Å². The predicted molar refractivity (Wildman–Crippen MR) is 352 cm³/mol. The predicted octanol–water partition coefficient (Wildman–Crippen LogP) is -1.03. The Labute approximate surface area is 582 Å². The number of aliphatic hydroxyl groups excluding tert-OH is 15. The van der Waals surface area contributed by atoms with Crippen LogP contribution < -0.4 is 16.0 Å². The van der Waals surface area contributed by atoms with Crippen LogP contribution in [0.15, 0.2) is 12.2 Å². The molecule has 578 valence electrons. The van der Waals surface area contributed by atoms with Gasteiger partial charge in [-0.2, -0.15) is 0 Å². The van der Waals surface area contributed by atoms with Gasteiger partial charge in [0.25, 0.3) is 0 Å². The summed E-state index contributed by atoms with van der Waals surface area (Å²) < 4.78 is 59.0. The number of unbranched alkanes of at least 4 members (excludes halogenated alkanes) is 23. The fraction of sp³-hybridized carbons (Fsp3) is 0.926. The van der Waals surface area contributed by atoms with Gasteiger partial charge in [-0.25, -0.2) is 0 Å². The monoisotopic (exact) mass is 1430 g/mol. The van der Waals surface area contributed by atoms with Gasteiger partial charge in [-0.3, -0.25) is 14.4 Å². The number of carbonyl (C=O) groups is 3. The number of aliphatic hydroxyl groups is 15. The summed E-state index contributed by atoms with van der Waals surface area (Å²) in [6.07, 6.45) is -12.1. The second kappa shape index (κ2) is 46.9. The third-order valence-electron chi connectivity index (χ3n) is 19.1. The number of rotatable bonds is 47. The first-order chi connectivity index (χ1) is 47.6. The highest BCUT2D eigenvalue weighted by Gasteiger charge is 2.57. The van der Waals surface area contributed by atoms with Crippen LogP contribution in [0.2, 0.25) is 0 Å². The van der Waals surface area contributed by atoms with Crippen LogP contribution in [0.3, 0.4) is 0 Å². The van der Waals surface area contributed by atoms with Gasteiger partial charge in [0.05, 0.1) is 51.8 Å². The van der Waals surface area contributed by atoms with Crippen LogP contribution in [0.4, 0.5) is 0 Å². The highest BCUT2D eigenvalue weighted by molar-refractivity contribution is 5.76. The van der Waals surface area contributed by atoms with E-state index in [-0.39, 0.29) is 12.3 Å². The molecule has 0 saturated carbocycles. The van der Waals surface area contributed by atoms with Gasteiger partial charge in [-0.15, -0.1) is 0 Å². The first-order valence-electron chi connectivity index (χ1n) is 36.5. The van der Waals surface area contributed by atoms with Crippen molar-refractivity contribution in [1.29, 1.82) is 0 Å². The van der Waals surface area contributed by atoms with Crippen LogP contribution in [0.1, 0.15) is 195 Å². The number of allylic oxidation sites excluding steroid dienone is 1. The van der Waals surface area contributed by atoms with Gasteiger partial charge < -0.3 is 140 Å². The summed E-state index contributed by atoms with van der Waals surface area (Å²) in [5, 5.41) is 174. The highest BCUT2D eigenvalue weighted by Crippen LogP contribution is 2.37. The van der Waals surface area contributed by atoms with E-state index in [4.69, 9.17) is 47.4 Å². The minimum atomic E-state index is -2.20. The maximum Gasteiger partial charge on any atom is 0.220 e. The van der Waals surface area contributed by atoms with Gasteiger partial charge in [-0.05, 0) is 19.3 Å². The van der Waals surface area contributed by atoms with E-state index in [9.17, 15) is 91.0 Å². The van der Waals surface area contributed by atoms with E-state index < -0.39 is 217 Å². The summed E-state index contributed by atoms with van der Waals surface area (Å²) >= 11 is 0. The Morgan fingerprint density at radius 3 is 1.23 bits per heavy atom. The number of carbonyl (C=O) groups excluding carboxylic acids is 3. The number of hydrogen-bond donors (Lipinski definition) is 18. The molecule has 0 bridgehead atoms. The molecule has 0 radical (unpaired) electrons. The third-order valence-corrected chi connectivity index (χ3v) is 19.1. The zero-order chi connectivity index (χ0) is 72.6. The molecule has 99 heavy (non-hydrogen) atoms. The summed E-state index contributed by atoms with van der Waals surface area (Å²) in [4.78, 5) is 38.5. The molecular weight excluding hydrogens is 1310 g/mol. The van der Waals surface area contributed by atoms with E-state index in [0.29, 0.717) is 12.8 Å². The van der Waals surface area contributed by atoms with Crippen LogP contribution in [-0.4, -0.2) is 300 Å². The molecule has 0 aromatic heterocycles. The van der Waals surface area contributed by atoms with Crippen molar-refractivity contribution in [3.63, 3.8) is 0 Å². The van der Waals surface area contributed by atoms with Crippen molar-refractivity contribution in [2.45, 2.75) is 360 Å². The lowest BCUT2D eigenvalue weighted by Crippen LogP contribution is -2.71. The molecule has 5 fully saturated rings. The molecule has 5 heterocycles. The van der Waals surface area contributed by atoms with Gasteiger partial charge in [0.15, 0.2) is 31.5 Å². The van der Waals surface area contributed by atoms with Gasteiger partial charge >= 0.3 is 0 Å². The maximum absolute atomic E-state index is 13.4. The number of amides is 3. The topological polar surface area (TPSA) is 483 Å². The number of nitrogens with one attached hydrogen (secondary N) is 3. The lowest BCUT2D eigenvalue weighted by Gasteiger charge is -2.50. The molecule has 31 heteroatoms. The Bertz CT molecular complexity index is 2230. The van der Waals surface area contributed by atoms with Gasteiger partial charge in [-0.1, -0.05) is 167 Å². The van der Waals surface area contributed by atoms with Crippen molar-refractivity contribution in [2.75, 3.05) is 39.6 Å². The lowest BCUT2D eigenvalue weighted by atomic mass is 9.93. The van der Waals surface area contributed by atoms with Gasteiger partial charge in [0, 0.05) is 20.3 Å². The van der Waals surface area contributed by atoms with E-state index in [1.807, 2.05) is 6.08 Å². The summed E-state index contributed by atoms with van der Waals surface area (Å²) in [5.74, 6) is -1.87. The average Bonchev–Trinajstić information content (AvgIpc) is 0.775. The summed E-state index contributed by atoms with van der Waals surface area (Å²) in [7, 11) is 0. The van der Waals surface area contributed by atoms with Crippen LogP contribution in [0.25, 0.3) is 0 Å². The molecule has 31 nitrogen and oxygen atoms in total. The van der Waals surface area contributed by atoms with Crippen molar-refractivity contribution in [3.05, 3.63) is 12.2 Å². The Morgan fingerprint density at radius 2 is 0.758 bits per heavy atom. The van der Waals surface area contributed by atoms with Crippen molar-refractivity contribution in [2.24, 2.45) is 0 Å². The Hall–Kier alpha value is -2.85. The second-order valence-electron chi connectivity index (χ2n) is 27.1. The number of ether oxygens (including phenoxy) is 10. The second-order valence-corrected chi connectivity index (χ2v) is 27.1. The molecule has 5 rings (SSSR count). The zero-order valence-electron chi connectivity index (χ0n) is 58.4. The molecule has 0 aromatic rings. The van der Waals surface area contributed by atoms with E-state index in [1.165, 1.54) is 103 Å². The largest absolute Gasteiger partial charge is 0.394 e. The van der Waals surface area contributed by atoms with Gasteiger partial charge in [0.2, 0.25) is 17.7 Å². The molecule has 10 unspecified atom stereocenters. The first kappa shape index (κ1) is 86.8. The molecule has 5 saturated heterocycles. The van der Waals surface area contributed by atoms with E-state index >= 15 is 0 Å². The summed E-state index contributed by atoms with van der Waals surface area (Å²) in [5.41, 5.74) is 0. The third kappa shape index (κ3) is 27.2. The lowest BCUT2D eigenvalue weighted by molar-refractivity contribution is -0.388. The highest BCUT2D eigenvalue weighted by atomic mass is 16.8. The Balaban J connectivity index is 1.22. The molecule has 18 N–H and O–H groups in total. The molecular formula is C68H123N3O28. The van der Waals surface area contributed by atoms with Crippen molar-refractivity contribution >= 4 is 17.7 Å². The average molecular weight is 1430 g/mol. The molecule has 3 amide bonds. The van der Waals surface area contributed by atoms with Gasteiger partial charge in [0.1, 0.15) is 122 Å². The van der Waals surface area contributed by atoms with Crippen LogP contribution in [0, 0.1) is 0 Å². The standard InChI is InChI=1S/C68H123N3O28/c1-5-7-9-11-13-15-17-19-21-23-25-27-29-31-42(79)41(71-48(80)32-30-28-26-24-22-20-18-16-14-12-10-8-6-2)38-90-66-57(87)55(85)60(46(36-75)94-66)96-67-58(88)56(86)61(47(37-76)95-67)97-68-59(89)63(53(83)45(35-74)93-68)99-65-50(70-40(4)78)62(52(82)44(34-73)92-65)98-64-49(69-39(3)77)54(84)51(81)43(33-72)91-64/h29,31,41-47,49-68,72-76,79,81-89H,5-28,30,32-38H2,1-4H3,(H,69,77)(H,70,78)(H,71,80)/b31-29+/t41-,42+,43?,44?,45?,46?,47?,49?,50?,51-,52-,53-,54+,55+,56+,57?,58?,59?,60+,61-,62+,63-,64-,65-,66+,67-,68-/m0/s1. The van der Waals surface area contributed by atoms with Crippen molar-refractivity contribution in [3.8, 4) is 0 Å². The molecule has 5 aliphatic rings. The molecule has 0 aromatic carbocycles. The van der Waals surface area contributed by atoms with Crippen molar-refractivity contribution < 1.29 is 138 Å². The Morgan fingerprint density at radius 1 is 0.394 bits per heavy atom. The smallest absolute Gasteiger partial charge is 0.220 e. The summed E-state index contributed by atoms with van der Waals surface area (Å²) in [6, 6.07) is -4.32. The fourth-order valence-corrected chi connectivity index (χ4v) is 13.3. The minimum Gasteiger partial charge on any atom is -0.394 e. The molecule has 0 aliphatic carbocycles. The van der Waals surface area contributed by atoms with Crippen LogP contribution >= 0.6 is 0 Å². The normalized spacial score (nSPS) is 35.8. The van der Waals surface area contributed by atoms with Crippen LogP contribution in [-0.2, 0) is 61.8 Å². The molecule has 5 aliphatic heterocycles. The quantitative estimate of drug-likeness (QED) is 0.0256. The number of hydrogen-bond acceptors (Lipinski definition) is 28. The Kier molecular flexibility index (Phi) is 41.1. The van der Waals surface area contributed by atoms with Crippen LogP contribution in [0.5, 0.6) is 0 Å². The minimum absolute atomic E-state index is 0.195. The zero-order valence-corrected chi connectivity index (χ0v) is 58.4. The SMILES string of the molecule is CCCCCCCCCCCCC/C=C/[C@@H](O)[C@H](CO[C@@H]1OC(CO)[C@@H](O[C@@H]2OC(CO)[C@H](O[C@@H]3OC(CO)[C@H](O)[C@H](O[C@@H]4OC(CO)[C@H](O)[C@H](O[C@@H]5OC(CO)[C@H](O)[C@H](O)C5NC(C)=O)C4NC(C)=O)C3O)[C@H](O)C2O)[C@H](O)C1O)NC(=O)CCCCCCCCCCCCCCC. The fourth-order valence-electron chi connectivity index (χ4n) is 13.3. The van der Waals surface area contributed by atoms with Crippen molar-refractivity contribution in [1.82, 2.24) is 16.0 Å². The van der Waals surface area contributed by atoms with E-state index in [0.717, 1.165) is 58.8 Å². The molecule has 27 atom stereocenters. The molecule has 0 spiro atoms. The first-order valence-corrected chi connectivity index (χ1v) is 36.5. The van der Waals surface area contributed by atoms with E-state index in [2.05, 4.69) is 29.8 Å².